The average Bonchev–Trinajstić information content (AvgIpc) is 2.62. The Labute approximate surface area is 115 Å². The van der Waals surface area contributed by atoms with Crippen molar-refractivity contribution in [2.75, 3.05) is 31.1 Å². The summed E-state index contributed by atoms with van der Waals surface area (Å²) >= 11 is 1.64. The zero-order chi connectivity index (χ0) is 13.1. The largest absolute Gasteiger partial charge is 0.481 e. The summed E-state index contributed by atoms with van der Waals surface area (Å²) in [4.78, 5) is 12.4. The maximum absolute atomic E-state index is 12.6. The van der Waals surface area contributed by atoms with Crippen molar-refractivity contribution in [3.05, 3.63) is 0 Å². The van der Waals surface area contributed by atoms with Gasteiger partial charge in [-0.3, -0.25) is 4.79 Å². The smallest absolute Gasteiger partial charge is 0.393 e. The molecule has 3 nitrogen and oxygen atoms in total. The zero-order valence-electron chi connectivity index (χ0n) is 9.94. The first-order valence-corrected chi connectivity index (χ1v) is 6.61. The molecule has 0 aromatic carbocycles. The standard InChI is InChI=1S/C10H16F3NO2S.ClH/c1-2-17-4-3-14-5-7(9(15)16)8(6-14)10(11,12)13;/h7-8H,2-6H2,1H3,(H,15,16);1H/t7-,8-;/m1./s1. The van der Waals surface area contributed by atoms with Gasteiger partial charge in [0.15, 0.2) is 0 Å². The van der Waals surface area contributed by atoms with Crippen molar-refractivity contribution in [2.45, 2.75) is 13.1 Å². The van der Waals surface area contributed by atoms with Crippen LogP contribution in [0.2, 0.25) is 0 Å². The molecular formula is C10H17ClF3NO2S. The van der Waals surface area contributed by atoms with E-state index in [9.17, 15) is 18.0 Å². The minimum absolute atomic E-state index is 0. The van der Waals surface area contributed by atoms with E-state index >= 15 is 0 Å². The Morgan fingerprint density at radius 2 is 2.06 bits per heavy atom. The number of thioether (sulfide) groups is 1. The molecule has 8 heteroatoms. The van der Waals surface area contributed by atoms with Crippen molar-refractivity contribution < 1.29 is 23.1 Å². The van der Waals surface area contributed by atoms with E-state index in [2.05, 4.69) is 0 Å². The Morgan fingerprint density at radius 3 is 2.44 bits per heavy atom. The fourth-order valence-corrected chi connectivity index (χ4v) is 2.66. The van der Waals surface area contributed by atoms with Crippen molar-refractivity contribution >= 4 is 30.1 Å². The number of hydrogen-bond donors (Lipinski definition) is 1. The third-order valence-corrected chi connectivity index (χ3v) is 3.77. The topological polar surface area (TPSA) is 40.5 Å². The average molecular weight is 308 g/mol. The Bertz CT molecular complexity index is 278. The van der Waals surface area contributed by atoms with E-state index in [4.69, 9.17) is 5.11 Å². The highest BCUT2D eigenvalue weighted by Crippen LogP contribution is 2.37. The summed E-state index contributed by atoms with van der Waals surface area (Å²) in [6.45, 7) is 2.32. The monoisotopic (exact) mass is 307 g/mol. The molecule has 0 amide bonds. The maximum atomic E-state index is 12.6. The number of rotatable bonds is 5. The first-order chi connectivity index (χ1) is 7.86. The van der Waals surface area contributed by atoms with Gasteiger partial charge in [0.25, 0.3) is 0 Å². The predicted molar refractivity (Wildman–Crippen MR) is 67.4 cm³/mol. The molecule has 0 saturated carbocycles. The van der Waals surface area contributed by atoms with Crippen molar-refractivity contribution in [3.8, 4) is 0 Å². The summed E-state index contributed by atoms with van der Waals surface area (Å²) in [6.07, 6.45) is -4.42. The number of aliphatic carboxylic acids is 1. The highest BCUT2D eigenvalue weighted by Gasteiger charge is 2.52. The number of nitrogens with zero attached hydrogens (tertiary/aromatic N) is 1. The Balaban J connectivity index is 0.00000289. The lowest BCUT2D eigenvalue weighted by molar-refractivity contribution is -0.188. The second-order valence-corrected chi connectivity index (χ2v) is 5.44. The SMILES string of the molecule is CCSCCN1C[C@@H](C(F)(F)F)[C@H](C(=O)O)C1.Cl. The summed E-state index contributed by atoms with van der Waals surface area (Å²) in [5.41, 5.74) is 0. The van der Waals surface area contributed by atoms with Crippen LogP contribution >= 0.6 is 24.2 Å². The number of likely N-dealkylation sites (tertiary alicyclic amines) is 1. The lowest BCUT2D eigenvalue weighted by atomic mass is 9.96. The molecule has 0 bridgehead atoms. The number of carboxylic acids is 1. The van der Waals surface area contributed by atoms with Crippen LogP contribution in [0.1, 0.15) is 6.92 Å². The molecule has 0 radical (unpaired) electrons. The van der Waals surface area contributed by atoms with E-state index < -0.39 is 24.0 Å². The van der Waals surface area contributed by atoms with Gasteiger partial charge in [0.05, 0.1) is 11.8 Å². The first-order valence-electron chi connectivity index (χ1n) is 5.45. The Morgan fingerprint density at radius 1 is 1.44 bits per heavy atom. The summed E-state index contributed by atoms with van der Waals surface area (Å²) < 4.78 is 37.9. The van der Waals surface area contributed by atoms with Crippen LogP contribution in [0.15, 0.2) is 0 Å². The van der Waals surface area contributed by atoms with Gasteiger partial charge in [0.2, 0.25) is 0 Å². The van der Waals surface area contributed by atoms with Crippen LogP contribution < -0.4 is 0 Å². The van der Waals surface area contributed by atoms with Gasteiger partial charge in [-0.05, 0) is 5.75 Å². The van der Waals surface area contributed by atoms with Crippen LogP contribution in [0.3, 0.4) is 0 Å². The quantitative estimate of drug-likeness (QED) is 0.792. The van der Waals surface area contributed by atoms with Crippen molar-refractivity contribution in [2.24, 2.45) is 11.8 Å². The zero-order valence-corrected chi connectivity index (χ0v) is 11.6. The molecule has 108 valence electrons. The molecule has 1 rings (SSSR count). The molecular weight excluding hydrogens is 291 g/mol. The molecule has 0 aromatic rings. The molecule has 1 saturated heterocycles. The first kappa shape index (κ1) is 17.9. The van der Waals surface area contributed by atoms with Crippen molar-refractivity contribution in [3.63, 3.8) is 0 Å². The van der Waals surface area contributed by atoms with Crippen molar-refractivity contribution in [1.29, 1.82) is 0 Å². The van der Waals surface area contributed by atoms with Gasteiger partial charge in [-0.1, -0.05) is 6.92 Å². The molecule has 0 unspecified atom stereocenters. The molecule has 0 aliphatic carbocycles. The molecule has 2 atom stereocenters. The Hall–Kier alpha value is -0.140. The van der Waals surface area contributed by atoms with Crippen LogP contribution in [0.25, 0.3) is 0 Å². The second kappa shape index (κ2) is 7.45. The predicted octanol–water partition coefficient (Wildman–Crippen LogP) is 2.36. The lowest BCUT2D eigenvalue weighted by Gasteiger charge is -2.18. The van der Waals surface area contributed by atoms with Crippen LogP contribution in [0, 0.1) is 11.8 Å². The molecule has 1 heterocycles. The number of hydrogen-bond acceptors (Lipinski definition) is 3. The van der Waals surface area contributed by atoms with Crippen LogP contribution in [0.5, 0.6) is 0 Å². The molecule has 0 aromatic heterocycles. The molecule has 1 fully saturated rings. The van der Waals surface area contributed by atoms with Gasteiger partial charge in [0, 0.05) is 25.4 Å². The van der Waals surface area contributed by atoms with Gasteiger partial charge >= 0.3 is 12.1 Å². The molecule has 1 N–H and O–H groups in total. The van der Waals surface area contributed by atoms with Gasteiger partial charge < -0.3 is 10.0 Å². The fourth-order valence-electron chi connectivity index (χ4n) is 1.99. The van der Waals surface area contributed by atoms with E-state index in [1.54, 1.807) is 16.7 Å². The lowest BCUT2D eigenvalue weighted by Crippen LogP contribution is -2.33. The third kappa shape index (κ3) is 4.85. The van der Waals surface area contributed by atoms with Crippen LogP contribution in [0.4, 0.5) is 13.2 Å². The van der Waals surface area contributed by atoms with Crippen LogP contribution in [-0.4, -0.2) is 53.3 Å². The molecule has 0 spiro atoms. The Kier molecular flexibility index (Phi) is 7.39. The highest BCUT2D eigenvalue weighted by atomic mass is 35.5. The fraction of sp³-hybridized carbons (Fsp3) is 0.900. The van der Waals surface area contributed by atoms with Crippen molar-refractivity contribution in [1.82, 2.24) is 4.90 Å². The van der Waals surface area contributed by atoms with Crippen LogP contribution in [-0.2, 0) is 4.79 Å². The van der Waals surface area contributed by atoms with E-state index in [1.165, 1.54) is 0 Å². The van der Waals surface area contributed by atoms with E-state index in [0.29, 0.717) is 6.54 Å². The molecule has 1 aliphatic rings. The van der Waals surface area contributed by atoms with Gasteiger partial charge in [0.1, 0.15) is 0 Å². The van der Waals surface area contributed by atoms with E-state index in [0.717, 1.165) is 11.5 Å². The van der Waals surface area contributed by atoms with Gasteiger partial charge in [-0.25, -0.2) is 0 Å². The summed E-state index contributed by atoms with van der Waals surface area (Å²) in [5.74, 6) is -2.74. The minimum atomic E-state index is -4.42. The maximum Gasteiger partial charge on any atom is 0.393 e. The number of halogens is 4. The summed E-state index contributed by atoms with van der Waals surface area (Å²) in [5, 5.41) is 8.80. The second-order valence-electron chi connectivity index (χ2n) is 4.05. The summed E-state index contributed by atoms with van der Waals surface area (Å²) in [7, 11) is 0. The number of alkyl halides is 3. The van der Waals surface area contributed by atoms with E-state index in [1.807, 2.05) is 6.92 Å². The number of carboxylic acid groups (broad SMARTS) is 1. The van der Waals surface area contributed by atoms with E-state index in [-0.39, 0.29) is 25.5 Å². The highest BCUT2D eigenvalue weighted by molar-refractivity contribution is 7.99. The molecule has 18 heavy (non-hydrogen) atoms. The minimum Gasteiger partial charge on any atom is -0.481 e. The normalized spacial score (nSPS) is 24.9. The van der Waals surface area contributed by atoms with Gasteiger partial charge in [-0.15, -0.1) is 12.4 Å². The third-order valence-electron chi connectivity index (χ3n) is 2.89. The number of carbonyl (C=O) groups is 1. The summed E-state index contributed by atoms with van der Waals surface area (Å²) in [6, 6.07) is 0. The molecule has 1 aliphatic heterocycles. The van der Waals surface area contributed by atoms with Gasteiger partial charge in [-0.2, -0.15) is 24.9 Å².